The van der Waals surface area contributed by atoms with E-state index in [2.05, 4.69) is 9.05 Å². The fraction of sp³-hybridized carbons (Fsp3) is 0.176. The van der Waals surface area contributed by atoms with Gasteiger partial charge in [0.2, 0.25) is 5.75 Å². The van der Waals surface area contributed by atoms with Gasteiger partial charge >= 0.3 is 233 Å². The van der Waals surface area contributed by atoms with Crippen molar-refractivity contribution in [3.8, 4) is 28.7 Å². The minimum atomic E-state index is -5.37. The van der Waals surface area contributed by atoms with Crippen molar-refractivity contribution in [3.63, 3.8) is 0 Å². The van der Waals surface area contributed by atoms with Gasteiger partial charge in [0.25, 0.3) is 0 Å². The van der Waals surface area contributed by atoms with Crippen LogP contribution in [0.15, 0.2) is 30.3 Å². The molecule has 0 spiro atoms. The molecule has 0 N–H and O–H groups in total. The molecule has 0 aliphatic rings. The van der Waals surface area contributed by atoms with Gasteiger partial charge in [0, 0.05) is 0 Å². The Morgan fingerprint density at radius 1 is 0.618 bits per heavy atom. The molecule has 0 saturated heterocycles. The third-order valence-electron chi connectivity index (χ3n) is 3.54. The first kappa shape index (κ1) is 43.2. The average molecular weight is 800 g/mol. The number of benzene rings is 2. The first-order valence-corrected chi connectivity index (χ1v) is 10.9. The van der Waals surface area contributed by atoms with E-state index in [1.807, 2.05) is 0 Å². The van der Waals surface area contributed by atoms with E-state index in [1.54, 1.807) is 6.07 Å². The number of phosphoric ester groups is 2. The molecule has 0 fully saturated rings. The molecular weight excluding hydrogens is 784 g/mol. The van der Waals surface area contributed by atoms with Gasteiger partial charge in [-0.1, -0.05) is 18.2 Å². The summed E-state index contributed by atoms with van der Waals surface area (Å²) >= 11 is 0. The Labute approximate surface area is 393 Å². The summed E-state index contributed by atoms with van der Waals surface area (Å²) in [4.78, 5) is 43.8. The fourth-order valence-corrected chi connectivity index (χ4v) is 3.18. The second-order valence-electron chi connectivity index (χ2n) is 5.58. The smallest absolute Gasteiger partial charge is 0.780 e. The molecule has 0 aliphatic heterocycles. The van der Waals surface area contributed by atoms with Crippen molar-refractivity contribution >= 4 is 27.8 Å². The molecule has 17 heteroatoms. The van der Waals surface area contributed by atoms with Crippen LogP contribution in [0.3, 0.4) is 0 Å². The van der Waals surface area contributed by atoms with E-state index in [4.69, 9.17) is 14.2 Å². The number of ether oxygens (including phenoxy) is 3. The summed E-state index contributed by atoms with van der Waals surface area (Å²) in [6, 6.07) is 6.89. The summed E-state index contributed by atoms with van der Waals surface area (Å²) in [5.41, 5.74) is 0.766. The maximum atomic E-state index is 11.0. The number of phosphoric acid groups is 2. The van der Waals surface area contributed by atoms with Crippen LogP contribution < -0.4 is 276 Å². The maximum absolute atomic E-state index is 11.0. The van der Waals surface area contributed by atoms with Crippen molar-refractivity contribution in [3.05, 3.63) is 41.5 Å². The molecule has 0 aliphatic carbocycles. The second kappa shape index (κ2) is 20.6. The van der Waals surface area contributed by atoms with Gasteiger partial charge in [-0.05, 0) is 35.4 Å². The van der Waals surface area contributed by atoms with Crippen molar-refractivity contribution in [1.29, 1.82) is 0 Å². The molecule has 2 aromatic carbocycles. The quantitative estimate of drug-likeness (QED) is 0.174. The summed E-state index contributed by atoms with van der Waals surface area (Å²) in [6.07, 6.45) is 2.97. The van der Waals surface area contributed by atoms with Crippen molar-refractivity contribution < 1.29 is 285 Å². The molecule has 11 nitrogen and oxygen atoms in total. The monoisotopic (exact) mass is 798 g/mol. The van der Waals surface area contributed by atoms with Crippen molar-refractivity contribution in [2.75, 3.05) is 21.3 Å². The zero-order chi connectivity index (χ0) is 22.5. The van der Waals surface area contributed by atoms with Gasteiger partial charge in [-0.25, -0.2) is 0 Å². The van der Waals surface area contributed by atoms with Crippen molar-refractivity contribution in [2.24, 2.45) is 0 Å². The molecule has 34 heavy (non-hydrogen) atoms. The minimum Gasteiger partial charge on any atom is -0.780 e. The van der Waals surface area contributed by atoms with Crippen LogP contribution in [-0.4, -0.2) is 21.3 Å². The zero-order valence-corrected chi connectivity index (χ0v) is 41.4. The van der Waals surface area contributed by atoms with E-state index in [9.17, 15) is 28.7 Å². The van der Waals surface area contributed by atoms with Gasteiger partial charge in [-0.2, -0.15) is 0 Å². The second-order valence-corrected chi connectivity index (χ2v) is 7.73. The maximum Gasteiger partial charge on any atom is 1.00 e. The van der Waals surface area contributed by atoms with Gasteiger partial charge in [-0.3, -0.25) is 0 Å². The normalized spacial score (nSPS) is 10.6. The summed E-state index contributed by atoms with van der Waals surface area (Å²) < 4.78 is 45.8. The van der Waals surface area contributed by atoms with Crippen LogP contribution >= 0.6 is 15.6 Å². The van der Waals surface area contributed by atoms with Gasteiger partial charge in [-0.15, -0.1) is 0 Å². The number of hydrogen-bond donors (Lipinski definition) is 0. The van der Waals surface area contributed by atoms with Gasteiger partial charge < -0.3 is 52.0 Å². The van der Waals surface area contributed by atoms with E-state index in [1.165, 1.54) is 57.7 Å². The third-order valence-corrected chi connectivity index (χ3v) is 4.38. The molecule has 0 saturated carbocycles. The van der Waals surface area contributed by atoms with Crippen molar-refractivity contribution in [1.82, 2.24) is 0 Å². The number of methoxy groups -OCH3 is 3. The van der Waals surface area contributed by atoms with E-state index < -0.39 is 15.6 Å². The molecule has 164 valence electrons. The van der Waals surface area contributed by atoms with Gasteiger partial charge in [0.05, 0.1) is 21.3 Å². The predicted octanol–water partition coefficient (Wildman–Crippen LogP) is -11.7. The molecule has 0 bridgehead atoms. The molecule has 2 aromatic rings. The predicted molar refractivity (Wildman–Crippen MR) is 97.9 cm³/mol. The van der Waals surface area contributed by atoms with Crippen molar-refractivity contribution in [2.45, 2.75) is 0 Å². The fourth-order valence-electron chi connectivity index (χ4n) is 2.42. The summed E-state index contributed by atoms with van der Waals surface area (Å²) in [5.74, 6) is -0.642. The molecule has 0 atom stereocenters. The van der Waals surface area contributed by atoms with Crippen LogP contribution in [0.2, 0.25) is 0 Å². The Morgan fingerprint density at radius 2 is 1.06 bits per heavy atom. The van der Waals surface area contributed by atoms with Crippen LogP contribution in [0, 0.1) is 0 Å². The summed E-state index contributed by atoms with van der Waals surface area (Å²) in [6.45, 7) is 0. The molecule has 0 unspecified atom stereocenters. The summed E-state index contributed by atoms with van der Waals surface area (Å²) in [7, 11) is -6.86. The molecular formula is C17H16O11P2Rb4. The Hall–Kier alpha value is 4.70. The number of hydrogen-bond acceptors (Lipinski definition) is 11. The standard InChI is InChI=1S/C17H20O11P2.4Rb/c1-24-13-7-6-11(8-14(13)27-29(18,19)20)4-5-12-9-15(25-2)17(26-3)16(10-12)28-30(21,22)23;;;;/h4-10H,1-3H3,(H2,18,19,20)(H2,21,22,23);;;;/q;4*+1/p-4/b5-4-;;;;. The molecule has 0 amide bonds. The van der Waals surface area contributed by atoms with Gasteiger partial charge in [0.1, 0.15) is 15.6 Å². The molecule has 0 heterocycles. The zero-order valence-electron chi connectivity index (χ0n) is 19.9. The molecule has 0 radical (unpaired) electrons. The van der Waals surface area contributed by atoms with Gasteiger partial charge in [0.15, 0.2) is 23.0 Å². The average Bonchev–Trinajstić information content (AvgIpc) is 2.63. The Balaban J connectivity index is -0.00000240. The van der Waals surface area contributed by atoms with E-state index in [0.29, 0.717) is 11.1 Å². The Kier molecular flexibility index (Phi) is 26.1. The van der Waals surface area contributed by atoms with E-state index >= 15 is 0 Å². The minimum absolute atomic E-state index is 0. The van der Waals surface area contributed by atoms with Crippen LogP contribution in [0.5, 0.6) is 28.7 Å². The molecule has 2 rings (SSSR count). The SMILES string of the molecule is COc1ccc(/C=C\c2cc(OC)c(OC)c(OP(=O)([O-])[O-])c2)cc1OP(=O)([O-])[O-].[Rb+].[Rb+].[Rb+].[Rb+]. The van der Waals surface area contributed by atoms with Crippen LogP contribution in [-0.2, 0) is 9.13 Å². The first-order valence-electron chi connectivity index (χ1n) is 8.01. The summed E-state index contributed by atoms with van der Waals surface area (Å²) in [5, 5.41) is 0. The Bertz CT molecular complexity index is 1040. The Morgan fingerprint density at radius 3 is 1.53 bits per heavy atom. The first-order chi connectivity index (χ1) is 14.0. The largest absolute Gasteiger partial charge is 1.00 e. The molecule has 0 aromatic heterocycles. The topological polar surface area (TPSA) is 173 Å². The number of rotatable bonds is 9. The van der Waals surface area contributed by atoms with E-state index in [0.717, 1.165) is 0 Å². The van der Waals surface area contributed by atoms with Crippen LogP contribution in [0.25, 0.3) is 12.2 Å². The van der Waals surface area contributed by atoms with E-state index in [-0.39, 0.29) is 261 Å². The third kappa shape index (κ3) is 15.6. The van der Waals surface area contributed by atoms with Crippen LogP contribution in [0.4, 0.5) is 0 Å². The van der Waals surface area contributed by atoms with Crippen LogP contribution in [0.1, 0.15) is 11.1 Å².